The Labute approximate surface area is 133 Å². The molecular weight excluding hydrogens is 380 g/mol. The quantitative estimate of drug-likeness (QED) is 0.777. The fourth-order valence-electron chi connectivity index (χ4n) is 2.27. The number of sulfone groups is 1. The number of hydrogen-bond acceptors (Lipinski definition) is 5. The van der Waals surface area contributed by atoms with Crippen LogP contribution in [0.2, 0.25) is 0 Å². The van der Waals surface area contributed by atoms with Crippen LogP contribution in [0.15, 0.2) is 21.5 Å². The summed E-state index contributed by atoms with van der Waals surface area (Å²) < 4.78 is 50.9. The molecule has 21 heavy (non-hydrogen) atoms. The summed E-state index contributed by atoms with van der Waals surface area (Å²) in [6, 6.07) is 2.72. The van der Waals surface area contributed by atoms with Crippen LogP contribution in [0.5, 0.6) is 0 Å². The fourth-order valence-corrected chi connectivity index (χ4v) is 6.28. The molecule has 0 aromatic heterocycles. The second-order valence-electron chi connectivity index (χ2n) is 5.13. The summed E-state index contributed by atoms with van der Waals surface area (Å²) in [5.74, 6) is -0.130. The van der Waals surface area contributed by atoms with E-state index in [2.05, 4.69) is 20.7 Å². The van der Waals surface area contributed by atoms with Crippen molar-refractivity contribution in [1.82, 2.24) is 4.72 Å². The van der Waals surface area contributed by atoms with E-state index >= 15 is 0 Å². The number of halogens is 1. The van der Waals surface area contributed by atoms with Crippen LogP contribution in [0, 0.1) is 6.92 Å². The minimum atomic E-state index is -3.78. The summed E-state index contributed by atoms with van der Waals surface area (Å²) in [5, 5.41) is 0. The number of rotatable bonds is 4. The third-order valence-electron chi connectivity index (χ3n) is 3.44. The first-order valence-corrected chi connectivity index (χ1v) is 10.5. The summed E-state index contributed by atoms with van der Waals surface area (Å²) in [4.78, 5) is 0.127. The van der Waals surface area contributed by atoms with Gasteiger partial charge in [-0.05, 0) is 36.6 Å². The van der Waals surface area contributed by atoms with Crippen molar-refractivity contribution in [3.63, 3.8) is 0 Å². The van der Waals surface area contributed by atoms with Gasteiger partial charge in [0, 0.05) is 17.1 Å². The first kappa shape index (κ1) is 16.9. The maximum Gasteiger partial charge on any atom is 0.241 e. The SMILES string of the molecule is Cc1c(Br)cc(CN)cc1S(=O)(=O)NC1CCS(=O)(=O)C1. The predicted molar refractivity (Wildman–Crippen MR) is 84.2 cm³/mol. The van der Waals surface area contributed by atoms with Crippen LogP contribution >= 0.6 is 15.9 Å². The molecule has 118 valence electrons. The average molecular weight is 397 g/mol. The van der Waals surface area contributed by atoms with Gasteiger partial charge >= 0.3 is 0 Å². The van der Waals surface area contributed by atoms with Crippen molar-refractivity contribution in [1.29, 1.82) is 0 Å². The van der Waals surface area contributed by atoms with Gasteiger partial charge in [0.25, 0.3) is 0 Å². The first-order valence-electron chi connectivity index (χ1n) is 6.36. The van der Waals surface area contributed by atoms with Gasteiger partial charge < -0.3 is 5.73 Å². The van der Waals surface area contributed by atoms with Gasteiger partial charge in [-0.2, -0.15) is 0 Å². The molecule has 0 bridgehead atoms. The molecule has 1 unspecified atom stereocenters. The van der Waals surface area contributed by atoms with E-state index in [9.17, 15) is 16.8 Å². The number of sulfonamides is 1. The molecule has 9 heteroatoms. The van der Waals surface area contributed by atoms with Crippen molar-refractivity contribution in [3.8, 4) is 0 Å². The third-order valence-corrected chi connectivity index (χ3v) is 7.67. The van der Waals surface area contributed by atoms with Crippen molar-refractivity contribution in [2.45, 2.75) is 30.8 Å². The smallest absolute Gasteiger partial charge is 0.241 e. The van der Waals surface area contributed by atoms with E-state index in [0.29, 0.717) is 22.0 Å². The Morgan fingerprint density at radius 2 is 2.10 bits per heavy atom. The molecule has 0 amide bonds. The normalized spacial score (nSPS) is 21.6. The fraction of sp³-hybridized carbons (Fsp3) is 0.500. The van der Waals surface area contributed by atoms with Crippen LogP contribution in [0.1, 0.15) is 17.5 Å². The van der Waals surface area contributed by atoms with E-state index in [-0.39, 0.29) is 22.9 Å². The standard InChI is InChI=1S/C12H17BrN2O4S2/c1-8-11(13)4-9(6-14)5-12(8)21(18,19)15-10-2-3-20(16,17)7-10/h4-5,10,15H,2-3,6-7,14H2,1H3. The molecule has 1 saturated heterocycles. The maximum absolute atomic E-state index is 12.5. The van der Waals surface area contributed by atoms with Gasteiger partial charge in [-0.25, -0.2) is 21.6 Å². The van der Waals surface area contributed by atoms with Gasteiger partial charge in [0.15, 0.2) is 9.84 Å². The molecule has 0 spiro atoms. The summed E-state index contributed by atoms with van der Waals surface area (Å²) in [5.41, 5.74) is 6.82. The highest BCUT2D eigenvalue weighted by atomic mass is 79.9. The number of benzene rings is 1. The topological polar surface area (TPSA) is 106 Å². The molecule has 0 saturated carbocycles. The van der Waals surface area contributed by atoms with E-state index in [1.807, 2.05) is 0 Å². The molecule has 3 N–H and O–H groups in total. The van der Waals surface area contributed by atoms with Crippen LogP contribution in [0.25, 0.3) is 0 Å². The molecule has 2 rings (SSSR count). The van der Waals surface area contributed by atoms with E-state index in [1.54, 1.807) is 13.0 Å². The van der Waals surface area contributed by atoms with Gasteiger partial charge in [0.1, 0.15) is 0 Å². The van der Waals surface area contributed by atoms with Crippen molar-refractivity contribution < 1.29 is 16.8 Å². The molecule has 0 radical (unpaired) electrons. The highest BCUT2D eigenvalue weighted by Gasteiger charge is 2.32. The largest absolute Gasteiger partial charge is 0.326 e. The molecule has 1 aliphatic heterocycles. The lowest BCUT2D eigenvalue weighted by Crippen LogP contribution is -2.36. The first-order chi connectivity index (χ1) is 9.64. The molecular formula is C12H17BrN2O4S2. The van der Waals surface area contributed by atoms with Crippen molar-refractivity contribution >= 4 is 35.8 Å². The van der Waals surface area contributed by atoms with Crippen LogP contribution in [-0.2, 0) is 26.4 Å². The lowest BCUT2D eigenvalue weighted by molar-refractivity contribution is 0.561. The van der Waals surface area contributed by atoms with Gasteiger partial charge in [0.2, 0.25) is 10.0 Å². The Kier molecular flexibility index (Phi) is 4.79. The summed E-state index contributed by atoms with van der Waals surface area (Å²) in [6.45, 7) is 1.91. The van der Waals surface area contributed by atoms with Gasteiger partial charge in [-0.3, -0.25) is 0 Å². The second-order valence-corrected chi connectivity index (χ2v) is 9.89. The molecule has 6 nitrogen and oxygen atoms in total. The third kappa shape index (κ3) is 3.84. The van der Waals surface area contributed by atoms with E-state index < -0.39 is 25.9 Å². The van der Waals surface area contributed by atoms with Crippen molar-refractivity contribution in [2.75, 3.05) is 11.5 Å². The monoisotopic (exact) mass is 396 g/mol. The molecule has 1 aliphatic rings. The number of hydrogen-bond donors (Lipinski definition) is 2. The molecule has 1 fully saturated rings. The highest BCUT2D eigenvalue weighted by Crippen LogP contribution is 2.26. The molecule has 1 aromatic carbocycles. The minimum absolute atomic E-state index is 0.0195. The Morgan fingerprint density at radius 3 is 2.62 bits per heavy atom. The van der Waals surface area contributed by atoms with E-state index in [1.165, 1.54) is 6.07 Å². The Hall–Kier alpha value is -0.480. The molecule has 1 atom stereocenters. The zero-order valence-corrected chi connectivity index (χ0v) is 14.7. The minimum Gasteiger partial charge on any atom is -0.326 e. The number of nitrogens with one attached hydrogen (secondary N) is 1. The lowest BCUT2D eigenvalue weighted by Gasteiger charge is -2.15. The number of nitrogens with two attached hydrogens (primary N) is 1. The van der Waals surface area contributed by atoms with E-state index in [4.69, 9.17) is 5.73 Å². The van der Waals surface area contributed by atoms with Crippen molar-refractivity contribution in [2.24, 2.45) is 5.73 Å². The maximum atomic E-state index is 12.5. The molecule has 1 heterocycles. The summed E-state index contributed by atoms with van der Waals surface area (Å²) >= 11 is 3.32. The Bertz CT molecular complexity index is 760. The van der Waals surface area contributed by atoms with Crippen molar-refractivity contribution in [3.05, 3.63) is 27.7 Å². The van der Waals surface area contributed by atoms with Crippen LogP contribution in [-0.4, -0.2) is 34.4 Å². The molecule has 1 aromatic rings. The van der Waals surface area contributed by atoms with E-state index in [0.717, 1.165) is 0 Å². The lowest BCUT2D eigenvalue weighted by atomic mass is 10.1. The van der Waals surface area contributed by atoms with Crippen LogP contribution in [0.4, 0.5) is 0 Å². The van der Waals surface area contributed by atoms with Crippen LogP contribution in [0.3, 0.4) is 0 Å². The zero-order chi connectivity index (χ0) is 15.8. The summed E-state index contributed by atoms with van der Waals surface area (Å²) in [7, 11) is -6.92. The Morgan fingerprint density at radius 1 is 1.43 bits per heavy atom. The molecule has 0 aliphatic carbocycles. The Balaban J connectivity index is 2.34. The zero-order valence-electron chi connectivity index (χ0n) is 11.5. The highest BCUT2D eigenvalue weighted by molar-refractivity contribution is 9.10. The summed E-state index contributed by atoms with van der Waals surface area (Å²) in [6.07, 6.45) is 0.304. The van der Waals surface area contributed by atoms with Gasteiger partial charge in [-0.1, -0.05) is 15.9 Å². The predicted octanol–water partition coefficient (Wildman–Crippen LogP) is 0.682. The van der Waals surface area contributed by atoms with Crippen LogP contribution < -0.4 is 10.5 Å². The van der Waals surface area contributed by atoms with Gasteiger partial charge in [0.05, 0.1) is 16.4 Å². The second kappa shape index (κ2) is 5.96. The van der Waals surface area contributed by atoms with Gasteiger partial charge in [-0.15, -0.1) is 0 Å². The average Bonchev–Trinajstić information content (AvgIpc) is 2.70.